The summed E-state index contributed by atoms with van der Waals surface area (Å²) < 4.78 is 49.9. The van der Waals surface area contributed by atoms with E-state index in [1.165, 1.54) is 19.4 Å². The Kier molecular flexibility index (Phi) is 12.7. The fourth-order valence-corrected chi connectivity index (χ4v) is 13.9. The molecule has 5 heterocycles. The lowest BCUT2D eigenvalue weighted by molar-refractivity contribution is -0.388. The summed E-state index contributed by atoms with van der Waals surface area (Å²) in [6.45, 7) is 12.1. The van der Waals surface area contributed by atoms with E-state index in [0.717, 1.165) is 32.1 Å². The first-order valence-electron chi connectivity index (χ1n) is 23.3. The van der Waals surface area contributed by atoms with Crippen LogP contribution in [0.4, 0.5) is 0 Å². The Morgan fingerprint density at radius 1 is 0.694 bits per heavy atom. The van der Waals surface area contributed by atoms with Gasteiger partial charge in [-0.3, -0.25) is 0 Å². The molecular weight excluding hydrogens is 812 g/mol. The Morgan fingerprint density at radius 2 is 1.34 bits per heavy atom. The third-order valence-electron chi connectivity index (χ3n) is 17.8. The van der Waals surface area contributed by atoms with Crippen molar-refractivity contribution >= 4 is 0 Å². The molecule has 9 aliphatic rings. The van der Waals surface area contributed by atoms with Crippen molar-refractivity contribution in [2.24, 2.45) is 46.3 Å². The molecule has 9 rings (SSSR count). The van der Waals surface area contributed by atoms with Crippen LogP contribution in [0.1, 0.15) is 92.9 Å². The third kappa shape index (κ3) is 7.31. The average Bonchev–Trinajstić information content (AvgIpc) is 3.70. The van der Waals surface area contributed by atoms with Crippen molar-refractivity contribution < 1.29 is 83.9 Å². The first kappa shape index (κ1) is 46.2. The summed E-state index contributed by atoms with van der Waals surface area (Å²) in [6, 6.07) is 0. The lowest BCUT2D eigenvalue weighted by atomic mass is 9.46. The summed E-state index contributed by atoms with van der Waals surface area (Å²) in [4.78, 5) is 0. The number of hydrogen-bond acceptors (Lipinski definition) is 17. The average molecular weight is 885 g/mol. The molecule has 17 nitrogen and oxygen atoms in total. The van der Waals surface area contributed by atoms with Crippen molar-refractivity contribution in [1.29, 1.82) is 0 Å². The van der Waals surface area contributed by atoms with Crippen LogP contribution in [-0.2, 0) is 37.9 Å². The molecule has 9 N–H and O–H groups in total. The maximum absolute atomic E-state index is 12.3. The number of aliphatic hydroxyl groups excluding tert-OH is 9. The minimum Gasteiger partial charge on any atom is -0.394 e. The predicted octanol–water partition coefficient (Wildman–Crippen LogP) is 0.213. The van der Waals surface area contributed by atoms with E-state index < -0.39 is 117 Å². The molecule has 3 saturated carbocycles. The molecule has 17 heteroatoms. The SMILES string of the molecule is CC1CC[C@@]2(OC1)O[C@H]1C[C@H]3[C@@H]4CC=C5C[C@@H](O[C@@H]6O[C@H](CO)[C@@H](O[C@@H]7O[C@@H](C)[C@H](O)[C@@H](O)[C@H]7O)[C@H](O)[C@H]6O[C@@H]6O[C@@H](C)[C@H](O)[C@@H](O)[C@H]6O)CC[C@]5(C)[C@H]4C[C@@H](O)[C@]3(C)[C@H]1[C@@H]2C. The van der Waals surface area contributed by atoms with Gasteiger partial charge in [-0.2, -0.15) is 0 Å². The summed E-state index contributed by atoms with van der Waals surface area (Å²) in [5.74, 6) is 1.29. The summed E-state index contributed by atoms with van der Waals surface area (Å²) in [6.07, 6.45) is -13.9. The standard InChI is InChI=1S/C45H72O17/c1-18-9-12-45(55-17-18)19(2)30-27(62-45)14-26-24-8-7-22-13-23(10-11-43(22,5)25(24)15-29(47)44(26,30)6)58-42-39(61-41-36(53)34(51)32(49)21(4)57-41)37(54)38(28(16-46)59-42)60-40-35(52)33(50)31(48)20(3)56-40/h7,18-21,23-42,46-54H,8-17H2,1-6H3/t18?,19-,20-,21-,23-,24+,25-,26-,27-,28+,29+,30-,31-,32-,33+,34+,35+,36+,37-,38+,39+,40-,41-,42+,43-,44+,45+/m0/s1. The van der Waals surface area contributed by atoms with Gasteiger partial charge in [0, 0.05) is 23.7 Å². The Balaban J connectivity index is 0.927. The van der Waals surface area contributed by atoms with Crippen LogP contribution >= 0.6 is 0 Å². The Bertz CT molecular complexity index is 1630. The molecule has 5 aliphatic heterocycles. The first-order valence-corrected chi connectivity index (χ1v) is 23.3. The van der Waals surface area contributed by atoms with Gasteiger partial charge in [-0.15, -0.1) is 0 Å². The lowest BCUT2D eigenvalue weighted by Crippen LogP contribution is -2.66. The van der Waals surface area contributed by atoms with Crippen LogP contribution in [0.5, 0.6) is 0 Å². The summed E-state index contributed by atoms with van der Waals surface area (Å²) in [7, 11) is 0. The van der Waals surface area contributed by atoms with Gasteiger partial charge in [0.05, 0.1) is 43.7 Å². The molecule has 1 unspecified atom stereocenters. The highest BCUT2D eigenvalue weighted by Gasteiger charge is 2.71. The van der Waals surface area contributed by atoms with E-state index in [4.69, 9.17) is 37.9 Å². The maximum Gasteiger partial charge on any atom is 0.187 e. The molecule has 0 aromatic heterocycles. The second-order valence-corrected chi connectivity index (χ2v) is 21.1. The molecule has 0 radical (unpaired) electrons. The molecule has 27 atom stereocenters. The normalized spacial score (nSPS) is 58.9. The van der Waals surface area contributed by atoms with Crippen LogP contribution in [0, 0.1) is 46.3 Å². The van der Waals surface area contributed by atoms with Crippen molar-refractivity contribution in [3.63, 3.8) is 0 Å². The fraction of sp³-hybridized carbons (Fsp3) is 0.956. The molecular formula is C45H72O17. The summed E-state index contributed by atoms with van der Waals surface area (Å²) in [5, 5.41) is 98.2. The van der Waals surface area contributed by atoms with Crippen LogP contribution in [0.25, 0.3) is 0 Å². The molecule has 0 amide bonds. The van der Waals surface area contributed by atoms with Crippen molar-refractivity contribution in [3.8, 4) is 0 Å². The van der Waals surface area contributed by atoms with Gasteiger partial charge in [-0.1, -0.05) is 39.3 Å². The summed E-state index contributed by atoms with van der Waals surface area (Å²) in [5.41, 5.74) is 0.753. The second-order valence-electron chi connectivity index (χ2n) is 21.1. The van der Waals surface area contributed by atoms with Crippen molar-refractivity contribution in [2.75, 3.05) is 13.2 Å². The van der Waals surface area contributed by atoms with Gasteiger partial charge in [0.2, 0.25) is 0 Å². The number of hydrogen-bond donors (Lipinski definition) is 9. The molecule has 8 fully saturated rings. The minimum absolute atomic E-state index is 0.0536. The topological polar surface area (TPSA) is 256 Å². The summed E-state index contributed by atoms with van der Waals surface area (Å²) >= 11 is 0. The van der Waals surface area contributed by atoms with Crippen LogP contribution in [0.2, 0.25) is 0 Å². The van der Waals surface area contributed by atoms with Crippen LogP contribution in [0.15, 0.2) is 11.6 Å². The highest BCUT2D eigenvalue weighted by Crippen LogP contribution is 2.70. The Labute approximate surface area is 363 Å². The van der Waals surface area contributed by atoms with Crippen LogP contribution in [0.3, 0.4) is 0 Å². The fourth-order valence-electron chi connectivity index (χ4n) is 13.9. The second kappa shape index (κ2) is 17.0. The van der Waals surface area contributed by atoms with Crippen molar-refractivity contribution in [2.45, 2.75) is 209 Å². The Morgan fingerprint density at radius 3 is 1.95 bits per heavy atom. The Hall–Kier alpha value is -0.940. The van der Waals surface area contributed by atoms with Gasteiger partial charge in [-0.05, 0) is 87.9 Å². The van der Waals surface area contributed by atoms with E-state index in [1.54, 1.807) is 0 Å². The number of rotatable bonds is 7. The van der Waals surface area contributed by atoms with Gasteiger partial charge in [0.25, 0.3) is 0 Å². The molecule has 1 spiro atoms. The van der Waals surface area contributed by atoms with E-state index in [-0.39, 0.29) is 34.7 Å². The van der Waals surface area contributed by atoms with Gasteiger partial charge in [-0.25, -0.2) is 0 Å². The zero-order valence-electron chi connectivity index (χ0n) is 36.8. The molecule has 62 heavy (non-hydrogen) atoms. The lowest BCUT2D eigenvalue weighted by Gasteiger charge is -2.60. The van der Waals surface area contributed by atoms with Crippen molar-refractivity contribution in [3.05, 3.63) is 11.6 Å². The molecule has 5 saturated heterocycles. The number of fused-ring (bicyclic) bond motifs is 7. The van der Waals surface area contributed by atoms with E-state index in [2.05, 4.69) is 33.8 Å². The third-order valence-corrected chi connectivity index (χ3v) is 17.8. The van der Waals surface area contributed by atoms with Gasteiger partial charge in [0.1, 0.15) is 61.0 Å². The molecule has 0 aromatic carbocycles. The smallest absolute Gasteiger partial charge is 0.187 e. The quantitative estimate of drug-likeness (QED) is 0.155. The van der Waals surface area contributed by atoms with E-state index >= 15 is 0 Å². The zero-order chi connectivity index (χ0) is 44.4. The van der Waals surface area contributed by atoms with Gasteiger partial charge in [0.15, 0.2) is 24.7 Å². The monoisotopic (exact) mass is 884 g/mol. The van der Waals surface area contributed by atoms with E-state index in [1.807, 2.05) is 0 Å². The number of ether oxygens (including phenoxy) is 8. The van der Waals surface area contributed by atoms with Crippen LogP contribution < -0.4 is 0 Å². The van der Waals surface area contributed by atoms with Gasteiger partial charge >= 0.3 is 0 Å². The highest BCUT2D eigenvalue weighted by atomic mass is 16.8. The number of allylic oxidation sites excluding steroid dienone is 1. The van der Waals surface area contributed by atoms with Crippen molar-refractivity contribution in [1.82, 2.24) is 0 Å². The molecule has 4 aliphatic carbocycles. The zero-order valence-corrected chi connectivity index (χ0v) is 36.8. The predicted molar refractivity (Wildman–Crippen MR) is 214 cm³/mol. The number of aliphatic hydroxyl groups is 9. The molecule has 354 valence electrons. The van der Waals surface area contributed by atoms with Crippen LogP contribution in [-0.4, -0.2) is 175 Å². The maximum atomic E-state index is 12.3. The van der Waals surface area contributed by atoms with Gasteiger partial charge < -0.3 is 83.9 Å². The largest absolute Gasteiger partial charge is 0.394 e. The van der Waals surface area contributed by atoms with E-state index in [0.29, 0.717) is 43.6 Å². The first-order chi connectivity index (χ1) is 29.3. The molecule has 0 aromatic rings. The molecule has 0 bridgehead atoms. The van der Waals surface area contributed by atoms with E-state index in [9.17, 15) is 46.0 Å². The highest BCUT2D eigenvalue weighted by molar-refractivity contribution is 5.27. The minimum atomic E-state index is -1.73.